The standard InChI is InChI=1S/C23H20N4O3/c1-14-5-4-6-15(2)21(14)27-20(26-18-13-24-11-9-16(18)23(27)29)8-7-17-22(28)19(30-3)10-12-25-17/h4-13,28H,1-3H3/b8-7+. The zero-order chi connectivity index (χ0) is 21.3. The van der Waals surface area contributed by atoms with E-state index >= 15 is 0 Å². The molecule has 0 aliphatic rings. The summed E-state index contributed by atoms with van der Waals surface area (Å²) in [5, 5.41) is 10.8. The fraction of sp³-hybridized carbons (Fsp3) is 0.130. The molecule has 150 valence electrons. The summed E-state index contributed by atoms with van der Waals surface area (Å²) in [6, 6.07) is 9.09. The number of aromatic nitrogens is 4. The molecule has 1 N–H and O–H groups in total. The maximum atomic E-state index is 13.4. The van der Waals surface area contributed by atoms with Gasteiger partial charge in [-0.05, 0) is 43.2 Å². The Balaban J connectivity index is 1.99. The van der Waals surface area contributed by atoms with Crippen molar-refractivity contribution in [2.45, 2.75) is 13.8 Å². The normalized spacial score (nSPS) is 11.3. The fourth-order valence-corrected chi connectivity index (χ4v) is 3.43. The molecule has 3 heterocycles. The van der Waals surface area contributed by atoms with Gasteiger partial charge in [-0.1, -0.05) is 18.2 Å². The van der Waals surface area contributed by atoms with E-state index < -0.39 is 0 Å². The van der Waals surface area contributed by atoms with Crippen LogP contribution in [0.3, 0.4) is 0 Å². The molecule has 0 atom stereocenters. The molecule has 0 bridgehead atoms. The second-order valence-electron chi connectivity index (χ2n) is 6.82. The lowest BCUT2D eigenvalue weighted by Crippen LogP contribution is -2.24. The number of ether oxygens (including phenoxy) is 1. The van der Waals surface area contributed by atoms with Crippen LogP contribution >= 0.6 is 0 Å². The number of fused-ring (bicyclic) bond motifs is 1. The summed E-state index contributed by atoms with van der Waals surface area (Å²) in [6.07, 6.45) is 7.93. The lowest BCUT2D eigenvalue weighted by atomic mass is 10.1. The number of aromatic hydroxyl groups is 1. The van der Waals surface area contributed by atoms with Gasteiger partial charge in [0.05, 0.1) is 29.9 Å². The summed E-state index contributed by atoms with van der Waals surface area (Å²) in [4.78, 5) is 26.3. The molecule has 0 radical (unpaired) electrons. The van der Waals surface area contributed by atoms with E-state index in [0.29, 0.717) is 28.2 Å². The van der Waals surface area contributed by atoms with Crippen LogP contribution in [0, 0.1) is 13.8 Å². The van der Waals surface area contributed by atoms with E-state index in [4.69, 9.17) is 4.74 Å². The lowest BCUT2D eigenvalue weighted by molar-refractivity contribution is 0.371. The van der Waals surface area contributed by atoms with Crippen molar-refractivity contribution >= 4 is 23.1 Å². The van der Waals surface area contributed by atoms with Gasteiger partial charge in [-0.3, -0.25) is 19.3 Å². The summed E-state index contributed by atoms with van der Waals surface area (Å²) in [5.41, 5.74) is 3.28. The Morgan fingerprint density at radius 2 is 1.83 bits per heavy atom. The van der Waals surface area contributed by atoms with E-state index in [9.17, 15) is 9.90 Å². The summed E-state index contributed by atoms with van der Waals surface area (Å²) >= 11 is 0. The van der Waals surface area contributed by atoms with Gasteiger partial charge >= 0.3 is 0 Å². The third-order valence-corrected chi connectivity index (χ3v) is 4.89. The molecule has 4 rings (SSSR count). The Bertz CT molecular complexity index is 1320. The lowest BCUT2D eigenvalue weighted by Gasteiger charge is -2.16. The van der Waals surface area contributed by atoms with Crippen LogP contribution in [-0.4, -0.2) is 31.7 Å². The minimum absolute atomic E-state index is 0.0836. The molecule has 30 heavy (non-hydrogen) atoms. The summed E-state index contributed by atoms with van der Waals surface area (Å²) in [5.74, 6) is 0.633. The quantitative estimate of drug-likeness (QED) is 0.562. The molecule has 0 spiro atoms. The summed E-state index contributed by atoms with van der Waals surface area (Å²) < 4.78 is 6.72. The van der Waals surface area contributed by atoms with Gasteiger partial charge in [0, 0.05) is 18.5 Å². The van der Waals surface area contributed by atoms with Crippen molar-refractivity contribution < 1.29 is 9.84 Å². The predicted molar refractivity (Wildman–Crippen MR) is 116 cm³/mol. The number of benzene rings is 1. The maximum Gasteiger partial charge on any atom is 0.266 e. The van der Waals surface area contributed by atoms with Crippen LogP contribution < -0.4 is 10.3 Å². The van der Waals surface area contributed by atoms with Crippen LogP contribution in [0.4, 0.5) is 0 Å². The SMILES string of the molecule is COc1ccnc(/C=C/c2nc3cnccc3c(=O)n2-c2c(C)cccc2C)c1O. The van der Waals surface area contributed by atoms with Crippen molar-refractivity contribution in [2.24, 2.45) is 0 Å². The molecule has 0 aliphatic carbocycles. The van der Waals surface area contributed by atoms with Gasteiger partial charge in [0.15, 0.2) is 11.5 Å². The number of pyridine rings is 2. The zero-order valence-electron chi connectivity index (χ0n) is 16.8. The molecule has 7 nitrogen and oxygen atoms in total. The Morgan fingerprint density at radius 3 is 2.57 bits per heavy atom. The average Bonchev–Trinajstić information content (AvgIpc) is 2.74. The van der Waals surface area contributed by atoms with Crippen LogP contribution in [0.15, 0.2) is 53.7 Å². The minimum atomic E-state index is -0.192. The van der Waals surface area contributed by atoms with E-state index in [1.54, 1.807) is 41.2 Å². The molecule has 4 aromatic rings. The highest BCUT2D eigenvalue weighted by Gasteiger charge is 2.15. The van der Waals surface area contributed by atoms with Crippen LogP contribution in [-0.2, 0) is 0 Å². The minimum Gasteiger partial charge on any atom is -0.503 e. The number of methoxy groups -OCH3 is 1. The molecule has 0 saturated carbocycles. The van der Waals surface area contributed by atoms with Gasteiger partial charge in [0.1, 0.15) is 11.5 Å². The number of hydrogen-bond acceptors (Lipinski definition) is 6. The number of hydrogen-bond donors (Lipinski definition) is 1. The summed E-state index contributed by atoms with van der Waals surface area (Å²) in [6.45, 7) is 3.91. The maximum absolute atomic E-state index is 13.4. The third-order valence-electron chi connectivity index (χ3n) is 4.89. The number of para-hydroxylation sites is 1. The Kier molecular flexibility index (Phi) is 5.02. The van der Waals surface area contributed by atoms with Gasteiger partial charge in [-0.25, -0.2) is 4.98 Å². The molecule has 3 aromatic heterocycles. The second-order valence-corrected chi connectivity index (χ2v) is 6.82. The topological polar surface area (TPSA) is 90.1 Å². The zero-order valence-corrected chi connectivity index (χ0v) is 16.8. The highest BCUT2D eigenvalue weighted by molar-refractivity contribution is 5.79. The molecule has 0 fully saturated rings. The van der Waals surface area contributed by atoms with E-state index in [1.807, 2.05) is 32.0 Å². The molecule has 1 aromatic carbocycles. The Labute approximate surface area is 173 Å². The monoisotopic (exact) mass is 400 g/mol. The van der Waals surface area contributed by atoms with Gasteiger partial charge in [-0.2, -0.15) is 0 Å². The van der Waals surface area contributed by atoms with Crippen LogP contribution in [0.5, 0.6) is 11.5 Å². The van der Waals surface area contributed by atoms with Gasteiger partial charge < -0.3 is 9.84 Å². The van der Waals surface area contributed by atoms with Gasteiger partial charge in [0.25, 0.3) is 5.56 Å². The number of aryl methyl sites for hydroxylation is 2. The molecule has 0 aliphatic heterocycles. The van der Waals surface area contributed by atoms with Crippen molar-refractivity contribution in [3.05, 3.63) is 81.9 Å². The van der Waals surface area contributed by atoms with Crippen molar-refractivity contribution in [3.63, 3.8) is 0 Å². The first kappa shape index (κ1) is 19.3. The molecule has 0 saturated heterocycles. The van der Waals surface area contributed by atoms with Crippen LogP contribution in [0.2, 0.25) is 0 Å². The fourth-order valence-electron chi connectivity index (χ4n) is 3.43. The highest BCUT2D eigenvalue weighted by atomic mass is 16.5. The molecule has 7 heteroatoms. The van der Waals surface area contributed by atoms with Gasteiger partial charge in [-0.15, -0.1) is 0 Å². The van der Waals surface area contributed by atoms with E-state index in [2.05, 4.69) is 15.0 Å². The van der Waals surface area contributed by atoms with Crippen molar-refractivity contribution in [1.82, 2.24) is 19.5 Å². The Hall–Kier alpha value is -4.00. The molecular formula is C23H20N4O3. The Morgan fingerprint density at radius 1 is 1.07 bits per heavy atom. The number of nitrogens with zero attached hydrogens (tertiary/aromatic N) is 4. The first-order valence-corrected chi connectivity index (χ1v) is 9.34. The predicted octanol–water partition coefficient (Wildman–Crippen LogP) is 3.68. The van der Waals surface area contributed by atoms with Gasteiger partial charge in [0.2, 0.25) is 0 Å². The van der Waals surface area contributed by atoms with Crippen molar-refractivity contribution in [3.8, 4) is 17.2 Å². The average molecular weight is 400 g/mol. The highest BCUT2D eigenvalue weighted by Crippen LogP contribution is 2.29. The first-order valence-electron chi connectivity index (χ1n) is 9.34. The molecule has 0 amide bonds. The molecule has 0 unspecified atom stereocenters. The second kappa shape index (κ2) is 7.79. The summed E-state index contributed by atoms with van der Waals surface area (Å²) in [7, 11) is 1.47. The van der Waals surface area contributed by atoms with Crippen LogP contribution in [0.1, 0.15) is 22.6 Å². The largest absolute Gasteiger partial charge is 0.503 e. The van der Waals surface area contributed by atoms with Crippen molar-refractivity contribution in [2.75, 3.05) is 7.11 Å². The number of rotatable bonds is 4. The smallest absolute Gasteiger partial charge is 0.266 e. The van der Waals surface area contributed by atoms with Crippen molar-refractivity contribution in [1.29, 1.82) is 0 Å². The van der Waals surface area contributed by atoms with E-state index in [-0.39, 0.29) is 11.3 Å². The third kappa shape index (κ3) is 3.30. The first-order chi connectivity index (χ1) is 14.5. The van der Waals surface area contributed by atoms with E-state index in [1.165, 1.54) is 13.3 Å². The van der Waals surface area contributed by atoms with E-state index in [0.717, 1.165) is 16.8 Å². The molecular weight excluding hydrogens is 380 g/mol. The van der Waals surface area contributed by atoms with Crippen LogP contribution in [0.25, 0.3) is 28.7 Å².